The lowest BCUT2D eigenvalue weighted by Gasteiger charge is -2.36. The van der Waals surface area contributed by atoms with Gasteiger partial charge in [-0.2, -0.15) is 0 Å². The molecule has 0 bridgehead atoms. The van der Waals surface area contributed by atoms with Gasteiger partial charge in [0.15, 0.2) is 0 Å². The van der Waals surface area contributed by atoms with E-state index in [4.69, 9.17) is 5.84 Å². The highest BCUT2D eigenvalue weighted by Gasteiger charge is 2.26. The Balaban J connectivity index is 2.35. The van der Waals surface area contributed by atoms with Gasteiger partial charge in [0.05, 0.1) is 6.04 Å². The number of anilines is 1. The zero-order chi connectivity index (χ0) is 13.3. The Morgan fingerprint density at radius 2 is 1.94 bits per heavy atom. The van der Waals surface area contributed by atoms with E-state index in [-0.39, 0.29) is 6.04 Å². The maximum atomic E-state index is 5.52. The number of likely N-dealkylation sites (N-methyl/N-ethyl adjacent to an activating group) is 2. The predicted molar refractivity (Wildman–Crippen MR) is 72.2 cm³/mol. The first-order chi connectivity index (χ1) is 8.52. The zero-order valence-corrected chi connectivity index (χ0v) is 11.6. The molecule has 0 saturated carbocycles. The molecule has 2 rings (SSSR count). The van der Waals surface area contributed by atoms with E-state index in [9.17, 15) is 0 Å². The summed E-state index contributed by atoms with van der Waals surface area (Å²) in [4.78, 5) is 13.8. The number of hydrogen-bond acceptors (Lipinski definition) is 6. The second kappa shape index (κ2) is 5.17. The summed E-state index contributed by atoms with van der Waals surface area (Å²) in [5.74, 6) is 7.08. The molecule has 1 unspecified atom stereocenters. The summed E-state index contributed by atoms with van der Waals surface area (Å²) in [6.45, 7) is 7.03. The molecule has 1 atom stereocenters. The average molecular weight is 250 g/mol. The lowest BCUT2D eigenvalue weighted by molar-refractivity contribution is 0.109. The number of aromatic nitrogens is 2. The highest BCUT2D eigenvalue weighted by molar-refractivity contribution is 5.44. The van der Waals surface area contributed by atoms with Gasteiger partial charge in [0.1, 0.15) is 11.6 Å². The minimum absolute atomic E-state index is 0.232. The number of piperazine rings is 1. The van der Waals surface area contributed by atoms with Gasteiger partial charge in [-0.1, -0.05) is 0 Å². The number of hydrazine groups is 1. The molecule has 3 N–H and O–H groups in total. The highest BCUT2D eigenvalue weighted by Crippen LogP contribution is 2.23. The normalized spacial score (nSPS) is 22.2. The Kier molecular flexibility index (Phi) is 3.79. The lowest BCUT2D eigenvalue weighted by Crippen LogP contribution is -2.45. The fraction of sp³-hybridized carbons (Fsp3) is 0.667. The van der Waals surface area contributed by atoms with Crippen LogP contribution < -0.4 is 11.3 Å². The van der Waals surface area contributed by atoms with Crippen LogP contribution in [0, 0.1) is 13.8 Å². The summed E-state index contributed by atoms with van der Waals surface area (Å²) in [6, 6.07) is 0.232. The molecule has 2 heterocycles. The first kappa shape index (κ1) is 13.2. The largest absolute Gasteiger partial charge is 0.308 e. The smallest absolute Gasteiger partial charge is 0.149 e. The van der Waals surface area contributed by atoms with E-state index in [1.165, 1.54) is 0 Å². The molecule has 0 aromatic carbocycles. The molecular weight excluding hydrogens is 228 g/mol. The predicted octanol–water partition coefficient (Wildman–Crippen LogP) is 0.297. The van der Waals surface area contributed by atoms with Gasteiger partial charge in [0, 0.05) is 30.9 Å². The molecule has 1 saturated heterocycles. The van der Waals surface area contributed by atoms with E-state index in [2.05, 4.69) is 39.3 Å². The van der Waals surface area contributed by atoms with Gasteiger partial charge in [-0.3, -0.25) is 4.90 Å². The fourth-order valence-electron chi connectivity index (χ4n) is 2.23. The maximum Gasteiger partial charge on any atom is 0.149 e. The van der Waals surface area contributed by atoms with Crippen molar-refractivity contribution in [3.8, 4) is 0 Å². The van der Waals surface area contributed by atoms with Crippen molar-refractivity contribution in [2.24, 2.45) is 5.84 Å². The van der Waals surface area contributed by atoms with Crippen LogP contribution in [0.5, 0.6) is 0 Å². The topological polar surface area (TPSA) is 70.3 Å². The van der Waals surface area contributed by atoms with Crippen LogP contribution in [-0.2, 0) is 0 Å². The molecule has 1 fully saturated rings. The Bertz CT molecular complexity index is 433. The van der Waals surface area contributed by atoms with Crippen LogP contribution in [0.1, 0.15) is 23.1 Å². The van der Waals surface area contributed by atoms with Crippen molar-refractivity contribution < 1.29 is 0 Å². The third-order valence-corrected chi connectivity index (χ3v) is 3.69. The molecule has 6 heteroatoms. The van der Waals surface area contributed by atoms with Crippen molar-refractivity contribution in [3.63, 3.8) is 0 Å². The van der Waals surface area contributed by atoms with Crippen LogP contribution >= 0.6 is 0 Å². The van der Waals surface area contributed by atoms with E-state index in [0.717, 1.165) is 42.5 Å². The van der Waals surface area contributed by atoms with E-state index in [1.807, 2.05) is 13.8 Å². The van der Waals surface area contributed by atoms with Gasteiger partial charge >= 0.3 is 0 Å². The lowest BCUT2D eigenvalue weighted by atomic mass is 10.1. The van der Waals surface area contributed by atoms with Crippen molar-refractivity contribution in [1.29, 1.82) is 0 Å². The number of nitrogens with two attached hydrogens (primary N) is 1. The highest BCUT2D eigenvalue weighted by atomic mass is 15.3. The van der Waals surface area contributed by atoms with Crippen LogP contribution in [-0.4, -0.2) is 53.5 Å². The number of aryl methyl sites for hydroxylation is 1. The Labute approximate surface area is 108 Å². The fourth-order valence-corrected chi connectivity index (χ4v) is 2.23. The summed E-state index contributed by atoms with van der Waals surface area (Å²) in [7, 11) is 4.24. The number of nitrogens with zero attached hydrogens (tertiary/aromatic N) is 4. The van der Waals surface area contributed by atoms with Gasteiger partial charge in [0.25, 0.3) is 0 Å². The van der Waals surface area contributed by atoms with E-state index < -0.39 is 0 Å². The standard InChI is InChI=1S/C12H22N6/c1-8-9(2)14-12(15-11(8)16-13)10-7-17(3)5-6-18(10)4/h10H,5-7,13H2,1-4H3,(H,14,15,16). The molecule has 0 spiro atoms. The monoisotopic (exact) mass is 250 g/mol. The van der Waals surface area contributed by atoms with Crippen molar-refractivity contribution in [2.45, 2.75) is 19.9 Å². The minimum atomic E-state index is 0.232. The summed E-state index contributed by atoms with van der Waals surface area (Å²) >= 11 is 0. The SMILES string of the molecule is Cc1nc(C2CN(C)CCN2C)nc(NN)c1C. The molecule has 1 aromatic rings. The molecule has 1 aliphatic rings. The van der Waals surface area contributed by atoms with Crippen molar-refractivity contribution in [2.75, 3.05) is 39.2 Å². The Morgan fingerprint density at radius 3 is 2.61 bits per heavy atom. The Hall–Kier alpha value is -1.24. The summed E-state index contributed by atoms with van der Waals surface area (Å²) in [5, 5.41) is 0. The van der Waals surface area contributed by atoms with Gasteiger partial charge in [-0.05, 0) is 27.9 Å². The number of rotatable bonds is 2. The minimum Gasteiger partial charge on any atom is -0.308 e. The molecule has 1 aliphatic heterocycles. The second-order valence-corrected chi connectivity index (χ2v) is 5.04. The van der Waals surface area contributed by atoms with E-state index >= 15 is 0 Å². The quantitative estimate of drug-likeness (QED) is 0.581. The first-order valence-electron chi connectivity index (χ1n) is 6.23. The molecular formula is C12H22N6. The van der Waals surface area contributed by atoms with Crippen LogP contribution in [0.15, 0.2) is 0 Å². The van der Waals surface area contributed by atoms with Gasteiger partial charge in [-0.15, -0.1) is 0 Å². The van der Waals surface area contributed by atoms with Crippen molar-refractivity contribution >= 4 is 5.82 Å². The van der Waals surface area contributed by atoms with Gasteiger partial charge in [0.2, 0.25) is 0 Å². The van der Waals surface area contributed by atoms with Crippen LogP contribution in [0.3, 0.4) is 0 Å². The van der Waals surface area contributed by atoms with Crippen LogP contribution in [0.2, 0.25) is 0 Å². The van der Waals surface area contributed by atoms with Gasteiger partial charge in [-0.25, -0.2) is 15.8 Å². The summed E-state index contributed by atoms with van der Waals surface area (Å²) in [6.07, 6.45) is 0. The molecule has 0 amide bonds. The maximum absolute atomic E-state index is 5.52. The third-order valence-electron chi connectivity index (χ3n) is 3.69. The second-order valence-electron chi connectivity index (χ2n) is 5.04. The average Bonchev–Trinajstić information content (AvgIpc) is 2.35. The van der Waals surface area contributed by atoms with Gasteiger partial charge < -0.3 is 10.3 Å². The molecule has 0 aliphatic carbocycles. The first-order valence-corrected chi connectivity index (χ1v) is 6.23. The molecule has 1 aromatic heterocycles. The molecule has 6 nitrogen and oxygen atoms in total. The van der Waals surface area contributed by atoms with Crippen LogP contribution in [0.4, 0.5) is 5.82 Å². The summed E-state index contributed by atoms with van der Waals surface area (Å²) < 4.78 is 0. The number of nitrogens with one attached hydrogen (secondary N) is 1. The van der Waals surface area contributed by atoms with E-state index in [0.29, 0.717) is 0 Å². The Morgan fingerprint density at radius 1 is 1.22 bits per heavy atom. The van der Waals surface area contributed by atoms with Crippen molar-refractivity contribution in [3.05, 3.63) is 17.1 Å². The molecule has 0 radical (unpaired) electrons. The van der Waals surface area contributed by atoms with Crippen molar-refractivity contribution in [1.82, 2.24) is 19.8 Å². The zero-order valence-electron chi connectivity index (χ0n) is 11.6. The van der Waals surface area contributed by atoms with E-state index in [1.54, 1.807) is 0 Å². The third kappa shape index (κ3) is 2.45. The molecule has 100 valence electrons. The number of hydrogen-bond donors (Lipinski definition) is 2. The molecule has 18 heavy (non-hydrogen) atoms. The van der Waals surface area contributed by atoms with Crippen LogP contribution in [0.25, 0.3) is 0 Å². The summed E-state index contributed by atoms with van der Waals surface area (Å²) in [5.41, 5.74) is 4.65. The number of nitrogen functional groups attached to an aromatic ring is 1.